The molecule has 1 saturated carbocycles. The second kappa shape index (κ2) is 6.95. The molecule has 5 nitrogen and oxygen atoms in total. The van der Waals surface area contributed by atoms with Gasteiger partial charge in [0.15, 0.2) is 0 Å². The van der Waals surface area contributed by atoms with Gasteiger partial charge in [0.25, 0.3) is 5.91 Å². The number of amides is 1. The Labute approximate surface area is 146 Å². The van der Waals surface area contributed by atoms with Crippen LogP contribution in [-0.2, 0) is 0 Å². The van der Waals surface area contributed by atoms with Gasteiger partial charge in [-0.05, 0) is 32.8 Å². The molecule has 24 heavy (non-hydrogen) atoms. The van der Waals surface area contributed by atoms with Gasteiger partial charge in [0, 0.05) is 29.1 Å². The van der Waals surface area contributed by atoms with E-state index in [1.54, 1.807) is 24.4 Å². The lowest BCUT2D eigenvalue weighted by Crippen LogP contribution is -2.29. The Hall–Kier alpha value is -1.85. The number of nitrogens with one attached hydrogen (secondary N) is 1. The SMILES string of the molecule is CC(C)n1ncc(C(=O)NCC(O)c2ccccc2Cl)c1C1CC1. The van der Waals surface area contributed by atoms with Crippen LogP contribution in [0.1, 0.15) is 66.4 Å². The number of aromatic nitrogens is 2. The van der Waals surface area contributed by atoms with Crippen molar-refractivity contribution < 1.29 is 9.90 Å². The number of aliphatic hydroxyl groups is 1. The van der Waals surface area contributed by atoms with Gasteiger partial charge in [0.2, 0.25) is 0 Å². The van der Waals surface area contributed by atoms with Crippen molar-refractivity contribution in [3.05, 3.63) is 52.3 Å². The maximum absolute atomic E-state index is 12.5. The van der Waals surface area contributed by atoms with Crippen LogP contribution in [0.4, 0.5) is 0 Å². The van der Waals surface area contributed by atoms with E-state index in [0.29, 0.717) is 22.1 Å². The lowest BCUT2D eigenvalue weighted by molar-refractivity contribution is 0.0915. The fourth-order valence-corrected chi connectivity index (χ4v) is 3.12. The predicted octanol–water partition coefficient (Wildman–Crippen LogP) is 3.46. The third-order valence-corrected chi connectivity index (χ3v) is 4.60. The summed E-state index contributed by atoms with van der Waals surface area (Å²) in [7, 11) is 0. The molecule has 1 heterocycles. The Morgan fingerprint density at radius 2 is 2.12 bits per heavy atom. The molecule has 1 unspecified atom stereocenters. The molecular weight excluding hydrogens is 326 g/mol. The summed E-state index contributed by atoms with van der Waals surface area (Å²) >= 11 is 6.08. The molecule has 1 aliphatic carbocycles. The highest BCUT2D eigenvalue weighted by Crippen LogP contribution is 2.42. The molecule has 6 heteroatoms. The molecule has 1 aromatic heterocycles. The van der Waals surface area contributed by atoms with Crippen LogP contribution < -0.4 is 5.32 Å². The molecule has 1 atom stereocenters. The smallest absolute Gasteiger partial charge is 0.254 e. The zero-order chi connectivity index (χ0) is 17.3. The first kappa shape index (κ1) is 17.0. The van der Waals surface area contributed by atoms with Crippen molar-refractivity contribution in [1.29, 1.82) is 0 Å². The average Bonchev–Trinajstić information content (AvgIpc) is 3.30. The minimum atomic E-state index is -0.841. The minimum absolute atomic E-state index is 0.111. The highest BCUT2D eigenvalue weighted by molar-refractivity contribution is 6.31. The number of rotatable bonds is 6. The van der Waals surface area contributed by atoms with Crippen molar-refractivity contribution in [2.45, 2.75) is 44.8 Å². The molecule has 0 radical (unpaired) electrons. The Kier molecular flexibility index (Phi) is 4.92. The number of carbonyl (C=O) groups is 1. The molecule has 0 spiro atoms. The molecule has 1 fully saturated rings. The largest absolute Gasteiger partial charge is 0.387 e. The summed E-state index contributed by atoms with van der Waals surface area (Å²) in [6, 6.07) is 7.31. The third-order valence-electron chi connectivity index (χ3n) is 4.25. The molecule has 1 aliphatic rings. The van der Waals surface area contributed by atoms with Crippen molar-refractivity contribution >= 4 is 17.5 Å². The van der Waals surface area contributed by atoms with Gasteiger partial charge in [0.05, 0.1) is 23.6 Å². The van der Waals surface area contributed by atoms with Crippen LogP contribution in [0.25, 0.3) is 0 Å². The van der Waals surface area contributed by atoms with Crippen LogP contribution >= 0.6 is 11.6 Å². The molecule has 3 rings (SSSR count). The Balaban J connectivity index is 1.71. The van der Waals surface area contributed by atoms with Gasteiger partial charge in [-0.3, -0.25) is 9.48 Å². The molecule has 128 valence electrons. The maximum atomic E-state index is 12.5. The molecule has 1 amide bonds. The summed E-state index contributed by atoms with van der Waals surface area (Å²) < 4.78 is 1.93. The van der Waals surface area contributed by atoms with Gasteiger partial charge in [-0.2, -0.15) is 5.10 Å². The van der Waals surface area contributed by atoms with E-state index in [4.69, 9.17) is 11.6 Å². The zero-order valence-electron chi connectivity index (χ0n) is 13.9. The van der Waals surface area contributed by atoms with Crippen molar-refractivity contribution in [3.8, 4) is 0 Å². The zero-order valence-corrected chi connectivity index (χ0v) is 14.6. The van der Waals surface area contributed by atoms with Crippen LogP contribution in [0, 0.1) is 0 Å². The number of benzene rings is 1. The van der Waals surface area contributed by atoms with Gasteiger partial charge in [-0.1, -0.05) is 29.8 Å². The summed E-state index contributed by atoms with van der Waals surface area (Å²) in [5.41, 5.74) is 2.23. The Morgan fingerprint density at radius 3 is 2.75 bits per heavy atom. The van der Waals surface area contributed by atoms with Gasteiger partial charge in [-0.25, -0.2) is 0 Å². The van der Waals surface area contributed by atoms with E-state index >= 15 is 0 Å². The van der Waals surface area contributed by atoms with Crippen molar-refractivity contribution in [3.63, 3.8) is 0 Å². The topological polar surface area (TPSA) is 67.2 Å². The summed E-state index contributed by atoms with van der Waals surface area (Å²) in [5.74, 6) is 0.221. The Morgan fingerprint density at radius 1 is 1.42 bits per heavy atom. The van der Waals surface area contributed by atoms with E-state index < -0.39 is 6.10 Å². The van der Waals surface area contributed by atoms with Crippen LogP contribution in [0.3, 0.4) is 0 Å². The first-order chi connectivity index (χ1) is 11.5. The highest BCUT2D eigenvalue weighted by atomic mass is 35.5. The quantitative estimate of drug-likeness (QED) is 0.841. The lowest BCUT2D eigenvalue weighted by Gasteiger charge is -2.15. The number of aliphatic hydroxyl groups excluding tert-OH is 1. The number of hydrogen-bond acceptors (Lipinski definition) is 3. The van der Waals surface area contributed by atoms with Gasteiger partial charge in [-0.15, -0.1) is 0 Å². The van der Waals surface area contributed by atoms with E-state index in [1.165, 1.54) is 0 Å². The number of carbonyl (C=O) groups excluding carboxylic acids is 1. The summed E-state index contributed by atoms with van der Waals surface area (Å²) in [6.45, 7) is 4.23. The molecular formula is C18H22ClN3O2. The summed E-state index contributed by atoms with van der Waals surface area (Å²) in [5, 5.41) is 17.9. The average molecular weight is 348 g/mol. The van der Waals surface area contributed by atoms with Gasteiger partial charge >= 0.3 is 0 Å². The van der Waals surface area contributed by atoms with E-state index in [0.717, 1.165) is 18.5 Å². The maximum Gasteiger partial charge on any atom is 0.254 e. The normalized spacial score (nSPS) is 15.5. The standard InChI is InChI=1S/C18H22ClN3O2/c1-11(2)22-17(12-7-8-12)14(9-21-22)18(24)20-10-16(23)13-5-3-4-6-15(13)19/h3-6,9,11-12,16,23H,7-8,10H2,1-2H3,(H,20,24). The number of hydrogen-bond donors (Lipinski definition) is 2. The fraction of sp³-hybridized carbons (Fsp3) is 0.444. The van der Waals surface area contributed by atoms with Crippen LogP contribution in [0.2, 0.25) is 5.02 Å². The van der Waals surface area contributed by atoms with Gasteiger partial charge < -0.3 is 10.4 Å². The molecule has 2 aromatic rings. The molecule has 0 aliphatic heterocycles. The predicted molar refractivity (Wildman–Crippen MR) is 93.3 cm³/mol. The van der Waals surface area contributed by atoms with Gasteiger partial charge in [0.1, 0.15) is 0 Å². The second-order valence-electron chi connectivity index (χ2n) is 6.50. The number of halogens is 1. The first-order valence-corrected chi connectivity index (χ1v) is 8.65. The minimum Gasteiger partial charge on any atom is -0.387 e. The van der Waals surface area contributed by atoms with Crippen LogP contribution in [0.15, 0.2) is 30.5 Å². The molecule has 0 saturated heterocycles. The summed E-state index contributed by atoms with van der Waals surface area (Å²) in [4.78, 5) is 12.5. The van der Waals surface area contributed by atoms with E-state index in [1.807, 2.05) is 10.7 Å². The van der Waals surface area contributed by atoms with Crippen molar-refractivity contribution in [2.24, 2.45) is 0 Å². The van der Waals surface area contributed by atoms with Crippen LogP contribution in [-0.4, -0.2) is 27.3 Å². The molecule has 1 aromatic carbocycles. The second-order valence-corrected chi connectivity index (χ2v) is 6.91. The molecule has 0 bridgehead atoms. The monoisotopic (exact) mass is 347 g/mol. The molecule has 2 N–H and O–H groups in total. The first-order valence-electron chi connectivity index (χ1n) is 8.27. The van der Waals surface area contributed by atoms with E-state index in [-0.39, 0.29) is 18.5 Å². The summed E-state index contributed by atoms with van der Waals surface area (Å²) in [6.07, 6.45) is 2.99. The third kappa shape index (κ3) is 3.47. The van der Waals surface area contributed by atoms with Crippen molar-refractivity contribution in [2.75, 3.05) is 6.54 Å². The Bertz CT molecular complexity index is 738. The number of nitrogens with zero attached hydrogens (tertiary/aromatic N) is 2. The highest BCUT2D eigenvalue weighted by Gasteiger charge is 2.33. The van der Waals surface area contributed by atoms with Crippen molar-refractivity contribution in [1.82, 2.24) is 15.1 Å². The van der Waals surface area contributed by atoms with Crippen LogP contribution in [0.5, 0.6) is 0 Å². The fourth-order valence-electron chi connectivity index (χ4n) is 2.86. The van der Waals surface area contributed by atoms with E-state index in [9.17, 15) is 9.90 Å². The van der Waals surface area contributed by atoms with E-state index in [2.05, 4.69) is 24.3 Å². The lowest BCUT2D eigenvalue weighted by atomic mass is 10.1.